The summed E-state index contributed by atoms with van der Waals surface area (Å²) in [5, 5.41) is 3.57. The lowest BCUT2D eigenvalue weighted by Gasteiger charge is -2.27. The highest BCUT2D eigenvalue weighted by Gasteiger charge is 2.19. The van der Waals surface area contributed by atoms with Crippen LogP contribution in [0.5, 0.6) is 0 Å². The van der Waals surface area contributed by atoms with Gasteiger partial charge < -0.3 is 5.32 Å². The average molecular weight is 249 g/mol. The molecule has 0 heterocycles. The van der Waals surface area contributed by atoms with E-state index in [9.17, 15) is 0 Å². The molecule has 0 saturated heterocycles. The van der Waals surface area contributed by atoms with Crippen molar-refractivity contribution in [2.24, 2.45) is 11.8 Å². The van der Waals surface area contributed by atoms with Gasteiger partial charge in [0.1, 0.15) is 0 Å². The number of likely N-dealkylation sites (N-methyl/N-ethyl adjacent to an activating group) is 1. The van der Waals surface area contributed by atoms with E-state index < -0.39 is 0 Å². The molecule has 2 aliphatic carbocycles. The minimum atomic E-state index is 0.898. The second-order valence-corrected chi connectivity index (χ2v) is 6.25. The standard InChI is InChI=1S/C17H31N/c1-2-18-14-17(16-11-7-4-8-12-16)13-15-9-5-3-6-10-15/h13,15-16,18H,2-12,14H2,1H3. The molecule has 0 bridgehead atoms. The van der Waals surface area contributed by atoms with Crippen molar-refractivity contribution in [2.75, 3.05) is 13.1 Å². The third-order valence-electron chi connectivity index (χ3n) is 4.81. The topological polar surface area (TPSA) is 12.0 Å². The monoisotopic (exact) mass is 249 g/mol. The summed E-state index contributed by atoms with van der Waals surface area (Å²) in [6.07, 6.45) is 17.2. The van der Waals surface area contributed by atoms with Crippen LogP contribution in [0.2, 0.25) is 0 Å². The molecule has 2 saturated carbocycles. The molecule has 0 radical (unpaired) electrons. The molecule has 1 nitrogen and oxygen atoms in total. The number of allylic oxidation sites excluding steroid dienone is 1. The van der Waals surface area contributed by atoms with E-state index in [2.05, 4.69) is 18.3 Å². The van der Waals surface area contributed by atoms with Crippen LogP contribution in [0, 0.1) is 11.8 Å². The molecule has 0 aromatic carbocycles. The Labute approximate surface area is 113 Å². The van der Waals surface area contributed by atoms with Gasteiger partial charge in [0.15, 0.2) is 0 Å². The van der Waals surface area contributed by atoms with Crippen molar-refractivity contribution >= 4 is 0 Å². The highest BCUT2D eigenvalue weighted by Crippen LogP contribution is 2.32. The Bertz CT molecular complexity index is 244. The maximum absolute atomic E-state index is 3.57. The van der Waals surface area contributed by atoms with Gasteiger partial charge in [0.25, 0.3) is 0 Å². The number of hydrogen-bond acceptors (Lipinski definition) is 1. The SMILES string of the molecule is CCNCC(=CC1CCCCC1)C1CCCCC1. The maximum Gasteiger partial charge on any atom is 0.0167 e. The lowest BCUT2D eigenvalue weighted by molar-refractivity contribution is 0.380. The van der Waals surface area contributed by atoms with Crippen molar-refractivity contribution in [3.63, 3.8) is 0 Å². The average Bonchev–Trinajstić information content (AvgIpc) is 2.45. The van der Waals surface area contributed by atoms with Gasteiger partial charge in [0, 0.05) is 6.54 Å². The molecular weight excluding hydrogens is 218 g/mol. The molecule has 1 heteroatoms. The maximum atomic E-state index is 3.57. The van der Waals surface area contributed by atoms with Crippen LogP contribution in [-0.2, 0) is 0 Å². The van der Waals surface area contributed by atoms with Gasteiger partial charge in [0.2, 0.25) is 0 Å². The second-order valence-electron chi connectivity index (χ2n) is 6.25. The molecule has 2 rings (SSSR count). The van der Waals surface area contributed by atoms with Crippen LogP contribution in [-0.4, -0.2) is 13.1 Å². The van der Waals surface area contributed by atoms with Gasteiger partial charge >= 0.3 is 0 Å². The minimum Gasteiger partial charge on any atom is -0.313 e. The Kier molecular flexibility index (Phi) is 6.26. The number of rotatable bonds is 5. The van der Waals surface area contributed by atoms with Gasteiger partial charge in [-0.2, -0.15) is 0 Å². The van der Waals surface area contributed by atoms with Crippen molar-refractivity contribution in [3.8, 4) is 0 Å². The Morgan fingerprint density at radius 3 is 2.17 bits per heavy atom. The molecule has 0 unspecified atom stereocenters. The molecule has 0 aromatic heterocycles. The van der Waals surface area contributed by atoms with Crippen molar-refractivity contribution in [2.45, 2.75) is 71.1 Å². The third-order valence-corrected chi connectivity index (χ3v) is 4.81. The van der Waals surface area contributed by atoms with E-state index in [4.69, 9.17) is 0 Å². The first-order chi connectivity index (χ1) is 8.90. The fourth-order valence-corrected chi connectivity index (χ4v) is 3.69. The molecule has 0 aliphatic heterocycles. The lowest BCUT2D eigenvalue weighted by Crippen LogP contribution is -2.23. The fourth-order valence-electron chi connectivity index (χ4n) is 3.69. The van der Waals surface area contributed by atoms with E-state index in [1.807, 2.05) is 0 Å². The first-order valence-electron chi connectivity index (χ1n) is 8.31. The van der Waals surface area contributed by atoms with Crippen LogP contribution in [0.1, 0.15) is 71.1 Å². The normalized spacial score (nSPS) is 24.4. The van der Waals surface area contributed by atoms with E-state index in [0.717, 1.165) is 24.9 Å². The zero-order valence-corrected chi connectivity index (χ0v) is 12.2. The Balaban J connectivity index is 1.95. The summed E-state index contributed by atoms with van der Waals surface area (Å²) in [6.45, 7) is 4.48. The van der Waals surface area contributed by atoms with Gasteiger partial charge in [0.05, 0.1) is 0 Å². The van der Waals surface area contributed by atoms with Gasteiger partial charge in [-0.1, -0.05) is 57.1 Å². The third kappa shape index (κ3) is 4.42. The minimum absolute atomic E-state index is 0.898. The molecule has 0 aromatic rings. The zero-order valence-electron chi connectivity index (χ0n) is 12.2. The first kappa shape index (κ1) is 14.1. The zero-order chi connectivity index (χ0) is 12.6. The Hall–Kier alpha value is -0.300. The largest absolute Gasteiger partial charge is 0.313 e. The predicted molar refractivity (Wildman–Crippen MR) is 79.8 cm³/mol. The van der Waals surface area contributed by atoms with E-state index in [-0.39, 0.29) is 0 Å². The van der Waals surface area contributed by atoms with E-state index in [1.165, 1.54) is 64.2 Å². The highest BCUT2D eigenvalue weighted by molar-refractivity contribution is 5.12. The molecule has 104 valence electrons. The van der Waals surface area contributed by atoms with Crippen molar-refractivity contribution in [1.29, 1.82) is 0 Å². The van der Waals surface area contributed by atoms with Crippen molar-refractivity contribution in [1.82, 2.24) is 5.32 Å². The molecule has 18 heavy (non-hydrogen) atoms. The van der Waals surface area contributed by atoms with Crippen LogP contribution in [0.25, 0.3) is 0 Å². The molecule has 1 N–H and O–H groups in total. The lowest BCUT2D eigenvalue weighted by atomic mass is 9.80. The molecular formula is C17H31N. The van der Waals surface area contributed by atoms with Crippen LogP contribution in [0.3, 0.4) is 0 Å². The van der Waals surface area contributed by atoms with Gasteiger partial charge in [-0.25, -0.2) is 0 Å². The van der Waals surface area contributed by atoms with E-state index in [0.29, 0.717) is 0 Å². The second kappa shape index (κ2) is 7.99. The van der Waals surface area contributed by atoms with Crippen molar-refractivity contribution in [3.05, 3.63) is 11.6 Å². The molecule has 2 fully saturated rings. The van der Waals surface area contributed by atoms with Crippen LogP contribution < -0.4 is 5.32 Å². The quantitative estimate of drug-likeness (QED) is 0.697. The summed E-state index contributed by atoms with van der Waals surface area (Å²) in [5.74, 6) is 1.80. The molecule has 0 amide bonds. The summed E-state index contributed by atoms with van der Waals surface area (Å²) in [6, 6.07) is 0. The summed E-state index contributed by atoms with van der Waals surface area (Å²) in [4.78, 5) is 0. The predicted octanol–water partition coefficient (Wildman–Crippen LogP) is 4.68. The summed E-state index contributed by atoms with van der Waals surface area (Å²) < 4.78 is 0. The van der Waals surface area contributed by atoms with Crippen LogP contribution in [0.4, 0.5) is 0 Å². The van der Waals surface area contributed by atoms with Gasteiger partial charge in [-0.15, -0.1) is 0 Å². The molecule has 0 spiro atoms. The molecule has 2 aliphatic rings. The Morgan fingerprint density at radius 1 is 0.944 bits per heavy atom. The summed E-state index contributed by atoms with van der Waals surface area (Å²) in [7, 11) is 0. The Morgan fingerprint density at radius 2 is 1.56 bits per heavy atom. The first-order valence-corrected chi connectivity index (χ1v) is 8.31. The van der Waals surface area contributed by atoms with E-state index >= 15 is 0 Å². The van der Waals surface area contributed by atoms with Gasteiger partial charge in [-0.05, 0) is 44.1 Å². The van der Waals surface area contributed by atoms with Crippen molar-refractivity contribution < 1.29 is 0 Å². The summed E-state index contributed by atoms with van der Waals surface area (Å²) in [5.41, 5.74) is 1.75. The summed E-state index contributed by atoms with van der Waals surface area (Å²) >= 11 is 0. The van der Waals surface area contributed by atoms with Gasteiger partial charge in [-0.3, -0.25) is 0 Å². The molecule has 0 atom stereocenters. The fraction of sp³-hybridized carbons (Fsp3) is 0.882. The van der Waals surface area contributed by atoms with E-state index in [1.54, 1.807) is 5.57 Å². The van der Waals surface area contributed by atoms with Crippen LogP contribution >= 0.6 is 0 Å². The smallest absolute Gasteiger partial charge is 0.0167 e. The number of hydrogen-bond donors (Lipinski definition) is 1. The number of nitrogens with one attached hydrogen (secondary N) is 1. The highest BCUT2D eigenvalue weighted by atomic mass is 14.8. The van der Waals surface area contributed by atoms with Crippen LogP contribution in [0.15, 0.2) is 11.6 Å².